The van der Waals surface area contributed by atoms with Crippen LogP contribution in [-0.2, 0) is 32.0 Å². The summed E-state index contributed by atoms with van der Waals surface area (Å²) in [5, 5.41) is 1.16. The Morgan fingerprint density at radius 3 is 2.89 bits per heavy atom. The molecule has 0 spiro atoms. The molecule has 0 radical (unpaired) electrons. The molecule has 0 aliphatic heterocycles. The number of fused-ring (bicyclic) bond motifs is 3. The molecular formula is C13H13N2NaOS2. The van der Waals surface area contributed by atoms with Crippen LogP contribution in [0.3, 0.4) is 0 Å². The minimum absolute atomic E-state index is 0. The van der Waals surface area contributed by atoms with Gasteiger partial charge in [0.15, 0.2) is 0 Å². The zero-order chi connectivity index (χ0) is 12.7. The molecule has 0 amide bonds. The van der Waals surface area contributed by atoms with Crippen molar-refractivity contribution >= 4 is 34.2 Å². The van der Waals surface area contributed by atoms with E-state index in [0.717, 1.165) is 29.5 Å². The number of thiophene rings is 1. The van der Waals surface area contributed by atoms with Crippen molar-refractivity contribution < 1.29 is 29.6 Å². The molecule has 0 N–H and O–H groups in total. The molecule has 0 unspecified atom stereocenters. The van der Waals surface area contributed by atoms with Gasteiger partial charge in [0.25, 0.3) is 5.56 Å². The number of nitrogens with zero attached hydrogens (tertiary/aromatic N) is 2. The minimum atomic E-state index is 0. The minimum Gasteiger partial charge on any atom is -0.742 e. The molecule has 0 atom stereocenters. The van der Waals surface area contributed by atoms with Crippen molar-refractivity contribution in [3.8, 4) is 0 Å². The van der Waals surface area contributed by atoms with E-state index in [1.807, 2.05) is 0 Å². The van der Waals surface area contributed by atoms with E-state index in [9.17, 15) is 4.79 Å². The number of allylic oxidation sites excluding steroid dienone is 1. The third-order valence-electron chi connectivity index (χ3n) is 3.35. The fourth-order valence-electron chi connectivity index (χ4n) is 2.51. The van der Waals surface area contributed by atoms with Crippen molar-refractivity contribution in [1.29, 1.82) is 0 Å². The summed E-state index contributed by atoms with van der Waals surface area (Å²) in [4.78, 5) is 19.0. The third-order valence-corrected chi connectivity index (χ3v) is 4.85. The first-order chi connectivity index (χ1) is 8.72. The second kappa shape index (κ2) is 6.06. The van der Waals surface area contributed by atoms with Gasteiger partial charge in [-0.3, -0.25) is 4.79 Å². The number of hydrogen-bond acceptors (Lipinski definition) is 4. The monoisotopic (exact) mass is 300 g/mol. The summed E-state index contributed by atoms with van der Waals surface area (Å²) >= 11 is 6.82. The molecule has 0 fully saturated rings. The molecule has 0 saturated heterocycles. The fraction of sp³-hybridized carbons (Fsp3) is 0.385. The number of hydrogen-bond donors (Lipinski definition) is 0. The summed E-state index contributed by atoms with van der Waals surface area (Å²) in [6, 6.07) is 0. The summed E-state index contributed by atoms with van der Waals surface area (Å²) < 4.78 is 1.53. The van der Waals surface area contributed by atoms with Crippen molar-refractivity contribution in [3.63, 3.8) is 0 Å². The summed E-state index contributed by atoms with van der Waals surface area (Å²) in [6.07, 6.45) is 6.13. The molecule has 2 aromatic rings. The molecule has 2 aromatic heterocycles. The standard InChI is InChI=1S/C13H14N2OS2.Na/c1-2-7-15-12(16)10-8-5-3-4-6-9(8)18-11(10)14-13(15)17;/h2H,1,3-7H2,(H,14,17);/q;+1/p-1. The van der Waals surface area contributed by atoms with E-state index >= 15 is 0 Å². The summed E-state index contributed by atoms with van der Waals surface area (Å²) in [7, 11) is 0. The van der Waals surface area contributed by atoms with E-state index in [-0.39, 0.29) is 35.1 Å². The maximum atomic E-state index is 12.5. The first-order valence-electron chi connectivity index (χ1n) is 6.05. The van der Waals surface area contributed by atoms with Crippen LogP contribution in [0.15, 0.2) is 22.6 Å². The van der Waals surface area contributed by atoms with Gasteiger partial charge < -0.3 is 17.2 Å². The van der Waals surface area contributed by atoms with Crippen LogP contribution in [0.4, 0.5) is 0 Å². The Morgan fingerprint density at radius 2 is 2.16 bits per heavy atom. The van der Waals surface area contributed by atoms with Gasteiger partial charge in [0.1, 0.15) is 4.83 Å². The SMILES string of the molecule is C=CCn1c([S-])nc2sc3c(c2c1=O)CCCC3.[Na+]. The van der Waals surface area contributed by atoms with Gasteiger partial charge in [0.2, 0.25) is 0 Å². The smallest absolute Gasteiger partial charge is 0.742 e. The molecule has 94 valence electrons. The van der Waals surface area contributed by atoms with Crippen LogP contribution < -0.4 is 35.1 Å². The first-order valence-corrected chi connectivity index (χ1v) is 7.28. The maximum absolute atomic E-state index is 12.5. The first kappa shape index (κ1) is 15.2. The van der Waals surface area contributed by atoms with Crippen LogP contribution >= 0.6 is 11.3 Å². The van der Waals surface area contributed by atoms with E-state index in [2.05, 4.69) is 11.6 Å². The average molecular weight is 300 g/mol. The predicted molar refractivity (Wildman–Crippen MR) is 76.4 cm³/mol. The summed E-state index contributed by atoms with van der Waals surface area (Å²) in [5.41, 5.74) is 1.22. The van der Waals surface area contributed by atoms with Crippen LogP contribution in [0.2, 0.25) is 0 Å². The van der Waals surface area contributed by atoms with E-state index in [4.69, 9.17) is 12.6 Å². The van der Waals surface area contributed by atoms with Crippen molar-refractivity contribution in [2.45, 2.75) is 37.4 Å². The molecule has 0 bridgehead atoms. The molecule has 19 heavy (non-hydrogen) atoms. The number of aryl methyl sites for hydroxylation is 2. The average Bonchev–Trinajstić information content (AvgIpc) is 2.72. The summed E-state index contributed by atoms with van der Waals surface area (Å²) in [5.74, 6) is 0. The Labute approximate surface area is 143 Å². The topological polar surface area (TPSA) is 34.9 Å². The van der Waals surface area contributed by atoms with Crippen LogP contribution in [-0.4, -0.2) is 9.55 Å². The van der Waals surface area contributed by atoms with Gasteiger partial charge in [-0.15, -0.1) is 17.9 Å². The molecule has 1 aliphatic carbocycles. The molecule has 0 aromatic carbocycles. The van der Waals surface area contributed by atoms with Crippen LogP contribution in [0.5, 0.6) is 0 Å². The molecular weight excluding hydrogens is 287 g/mol. The van der Waals surface area contributed by atoms with E-state index in [1.165, 1.54) is 21.4 Å². The Morgan fingerprint density at radius 1 is 1.42 bits per heavy atom. The van der Waals surface area contributed by atoms with E-state index in [0.29, 0.717) is 11.7 Å². The van der Waals surface area contributed by atoms with Gasteiger partial charge in [-0.25, -0.2) is 4.98 Å². The third kappa shape index (κ3) is 2.54. The molecule has 1 aliphatic rings. The van der Waals surface area contributed by atoms with Crippen molar-refractivity contribution in [1.82, 2.24) is 9.55 Å². The van der Waals surface area contributed by atoms with Crippen molar-refractivity contribution in [3.05, 3.63) is 33.4 Å². The Hall–Kier alpha value is -0.200. The van der Waals surface area contributed by atoms with E-state index in [1.54, 1.807) is 17.4 Å². The quantitative estimate of drug-likeness (QED) is 0.323. The van der Waals surface area contributed by atoms with Gasteiger partial charge in [0, 0.05) is 11.4 Å². The second-order valence-electron chi connectivity index (χ2n) is 4.49. The fourth-order valence-corrected chi connectivity index (χ4v) is 4.07. The second-order valence-corrected chi connectivity index (χ2v) is 5.94. The largest absolute Gasteiger partial charge is 1.00 e. The van der Waals surface area contributed by atoms with Gasteiger partial charge >= 0.3 is 29.6 Å². The van der Waals surface area contributed by atoms with Crippen molar-refractivity contribution in [2.75, 3.05) is 0 Å². The summed E-state index contributed by atoms with van der Waals surface area (Å²) in [6.45, 7) is 4.10. The normalized spacial score (nSPS) is 13.9. The van der Waals surface area contributed by atoms with Crippen LogP contribution in [0, 0.1) is 0 Å². The molecule has 3 rings (SSSR count). The maximum Gasteiger partial charge on any atom is 1.00 e. The zero-order valence-corrected chi connectivity index (χ0v) is 14.6. The van der Waals surface area contributed by atoms with Gasteiger partial charge in [-0.05, 0) is 36.4 Å². The van der Waals surface area contributed by atoms with Crippen LogP contribution in [0.1, 0.15) is 23.3 Å². The Balaban J connectivity index is 0.00000133. The van der Waals surface area contributed by atoms with Crippen molar-refractivity contribution in [2.24, 2.45) is 0 Å². The molecule has 2 heterocycles. The molecule has 3 nitrogen and oxygen atoms in total. The predicted octanol–water partition coefficient (Wildman–Crippen LogP) is -0.567. The Kier molecular flexibility index (Phi) is 4.84. The van der Waals surface area contributed by atoms with Gasteiger partial charge in [-0.2, -0.15) is 0 Å². The van der Waals surface area contributed by atoms with E-state index < -0.39 is 0 Å². The zero-order valence-electron chi connectivity index (χ0n) is 10.9. The molecule has 0 saturated carbocycles. The number of aromatic nitrogens is 2. The van der Waals surface area contributed by atoms with Gasteiger partial charge in [-0.1, -0.05) is 6.08 Å². The number of rotatable bonds is 2. The Bertz CT molecular complexity index is 690. The molecule has 6 heteroatoms. The van der Waals surface area contributed by atoms with Gasteiger partial charge in [0.05, 0.1) is 5.39 Å². The van der Waals surface area contributed by atoms with Crippen LogP contribution in [0.25, 0.3) is 10.2 Å².